The van der Waals surface area contributed by atoms with Crippen LogP contribution in [0.15, 0.2) is 0 Å². The maximum Gasteiger partial charge on any atom is 0.327 e. The molecule has 2 saturated carbocycles. The fraction of sp³-hybridized carbons (Fsp3) is 0.938. The van der Waals surface area contributed by atoms with Crippen LogP contribution >= 0.6 is 0 Å². The molecule has 2 rings (SSSR count). The summed E-state index contributed by atoms with van der Waals surface area (Å²) in [5.41, 5.74) is 5.67. The zero-order chi connectivity index (χ0) is 14.6. The van der Waals surface area contributed by atoms with E-state index in [0.717, 1.165) is 12.8 Å². The van der Waals surface area contributed by atoms with Crippen molar-refractivity contribution >= 4 is 5.97 Å². The standard InChI is InChI=1S/C16H30N2O2/c1-3-20-15(19)16(17,13-10-11-13)12-18(2)14-8-6-4-5-7-9-14/h13-14H,3-12,17H2,1-2H3. The van der Waals surface area contributed by atoms with Gasteiger partial charge in [-0.15, -0.1) is 0 Å². The van der Waals surface area contributed by atoms with Gasteiger partial charge in [-0.05, 0) is 45.6 Å². The summed E-state index contributed by atoms with van der Waals surface area (Å²) in [6.45, 7) is 2.90. The van der Waals surface area contributed by atoms with E-state index in [-0.39, 0.29) is 5.97 Å². The molecule has 4 nitrogen and oxygen atoms in total. The number of esters is 1. The van der Waals surface area contributed by atoms with Crippen molar-refractivity contribution in [1.82, 2.24) is 4.90 Å². The number of hydrogen-bond donors (Lipinski definition) is 1. The highest BCUT2D eigenvalue weighted by molar-refractivity contribution is 5.82. The summed E-state index contributed by atoms with van der Waals surface area (Å²) in [5.74, 6) is 0.109. The highest BCUT2D eigenvalue weighted by Gasteiger charge is 2.50. The van der Waals surface area contributed by atoms with E-state index in [4.69, 9.17) is 10.5 Å². The Morgan fingerprint density at radius 1 is 1.20 bits per heavy atom. The van der Waals surface area contributed by atoms with Gasteiger partial charge in [-0.1, -0.05) is 25.7 Å². The summed E-state index contributed by atoms with van der Waals surface area (Å²) in [4.78, 5) is 14.6. The van der Waals surface area contributed by atoms with Gasteiger partial charge in [0.1, 0.15) is 5.54 Å². The Kier molecular flexibility index (Phi) is 5.44. The number of hydrogen-bond acceptors (Lipinski definition) is 4. The van der Waals surface area contributed by atoms with Gasteiger partial charge in [0.15, 0.2) is 0 Å². The quantitative estimate of drug-likeness (QED) is 0.600. The van der Waals surface area contributed by atoms with Crippen molar-refractivity contribution in [3.05, 3.63) is 0 Å². The Morgan fingerprint density at radius 3 is 2.30 bits per heavy atom. The van der Waals surface area contributed by atoms with Gasteiger partial charge >= 0.3 is 5.97 Å². The molecule has 0 aliphatic heterocycles. The lowest BCUT2D eigenvalue weighted by atomic mass is 9.92. The van der Waals surface area contributed by atoms with Gasteiger partial charge in [-0.25, -0.2) is 4.79 Å². The molecule has 4 heteroatoms. The molecule has 20 heavy (non-hydrogen) atoms. The minimum absolute atomic E-state index is 0.206. The summed E-state index contributed by atoms with van der Waals surface area (Å²) in [7, 11) is 2.12. The lowest BCUT2D eigenvalue weighted by Crippen LogP contribution is -2.59. The number of carbonyl (C=O) groups is 1. The lowest BCUT2D eigenvalue weighted by molar-refractivity contribution is -0.151. The smallest absolute Gasteiger partial charge is 0.327 e. The monoisotopic (exact) mass is 282 g/mol. The summed E-state index contributed by atoms with van der Waals surface area (Å²) >= 11 is 0. The van der Waals surface area contributed by atoms with E-state index in [0.29, 0.717) is 25.1 Å². The fourth-order valence-corrected chi connectivity index (χ4v) is 3.46. The largest absolute Gasteiger partial charge is 0.465 e. The SMILES string of the molecule is CCOC(=O)C(N)(CN(C)C1CCCCCC1)C1CC1. The van der Waals surface area contributed by atoms with Crippen molar-refractivity contribution in [2.45, 2.75) is 69.9 Å². The van der Waals surface area contributed by atoms with Crippen LogP contribution in [0.1, 0.15) is 58.3 Å². The van der Waals surface area contributed by atoms with Gasteiger partial charge in [-0.3, -0.25) is 0 Å². The summed E-state index contributed by atoms with van der Waals surface area (Å²) in [6.07, 6.45) is 9.89. The summed E-state index contributed by atoms with van der Waals surface area (Å²) in [6, 6.07) is 0.577. The molecular formula is C16H30N2O2. The molecule has 0 bridgehead atoms. The first-order chi connectivity index (χ1) is 9.58. The number of nitrogens with two attached hydrogens (primary N) is 1. The second-order valence-corrected chi connectivity index (χ2v) is 6.60. The molecule has 1 unspecified atom stereocenters. The third kappa shape index (κ3) is 3.73. The molecular weight excluding hydrogens is 252 g/mol. The highest BCUT2D eigenvalue weighted by Crippen LogP contribution is 2.40. The summed E-state index contributed by atoms with van der Waals surface area (Å²) < 4.78 is 5.23. The lowest BCUT2D eigenvalue weighted by Gasteiger charge is -2.35. The van der Waals surface area contributed by atoms with Crippen molar-refractivity contribution in [1.29, 1.82) is 0 Å². The number of nitrogens with zero attached hydrogens (tertiary/aromatic N) is 1. The molecule has 0 radical (unpaired) electrons. The van der Waals surface area contributed by atoms with Gasteiger partial charge < -0.3 is 15.4 Å². The predicted octanol–water partition coefficient (Wildman–Crippen LogP) is 2.31. The zero-order valence-corrected chi connectivity index (χ0v) is 13.1. The van der Waals surface area contributed by atoms with Crippen LogP contribution in [-0.2, 0) is 9.53 Å². The van der Waals surface area contributed by atoms with E-state index in [2.05, 4.69) is 11.9 Å². The molecule has 0 aromatic rings. The molecule has 0 amide bonds. The highest BCUT2D eigenvalue weighted by atomic mass is 16.5. The van der Waals surface area contributed by atoms with E-state index in [1.807, 2.05) is 6.92 Å². The maximum atomic E-state index is 12.3. The predicted molar refractivity (Wildman–Crippen MR) is 80.4 cm³/mol. The second kappa shape index (κ2) is 6.90. The van der Waals surface area contributed by atoms with Crippen LogP contribution in [0.25, 0.3) is 0 Å². The number of rotatable bonds is 6. The van der Waals surface area contributed by atoms with Crippen molar-refractivity contribution < 1.29 is 9.53 Å². The third-order valence-electron chi connectivity index (χ3n) is 4.92. The van der Waals surface area contributed by atoms with Gasteiger partial charge in [-0.2, -0.15) is 0 Å². The third-order valence-corrected chi connectivity index (χ3v) is 4.92. The van der Waals surface area contributed by atoms with Crippen LogP contribution in [0.5, 0.6) is 0 Å². The minimum Gasteiger partial charge on any atom is -0.465 e. The Balaban J connectivity index is 1.97. The van der Waals surface area contributed by atoms with Crippen molar-refractivity contribution in [2.24, 2.45) is 11.7 Å². The van der Waals surface area contributed by atoms with Crippen LogP contribution in [0.3, 0.4) is 0 Å². The molecule has 0 heterocycles. The Morgan fingerprint density at radius 2 is 1.80 bits per heavy atom. The number of ether oxygens (including phenoxy) is 1. The Labute approximate surface area is 123 Å². The molecule has 0 aromatic heterocycles. The summed E-state index contributed by atoms with van der Waals surface area (Å²) in [5, 5.41) is 0. The molecule has 0 saturated heterocycles. The van der Waals surface area contributed by atoms with Crippen LogP contribution in [0, 0.1) is 5.92 Å². The van der Waals surface area contributed by atoms with Crippen LogP contribution < -0.4 is 5.73 Å². The van der Waals surface area contributed by atoms with Gasteiger partial charge in [0.05, 0.1) is 6.61 Å². The molecule has 116 valence electrons. The Hall–Kier alpha value is -0.610. The van der Waals surface area contributed by atoms with E-state index >= 15 is 0 Å². The zero-order valence-electron chi connectivity index (χ0n) is 13.1. The molecule has 2 fully saturated rings. The first kappa shape index (κ1) is 15.8. The second-order valence-electron chi connectivity index (χ2n) is 6.60. The van der Waals surface area contributed by atoms with E-state index in [1.165, 1.54) is 38.5 Å². The fourth-order valence-electron chi connectivity index (χ4n) is 3.46. The first-order valence-corrected chi connectivity index (χ1v) is 8.24. The average Bonchev–Trinajstić information content (AvgIpc) is 3.25. The average molecular weight is 282 g/mol. The van der Waals surface area contributed by atoms with Crippen LogP contribution in [0.4, 0.5) is 0 Å². The Bertz CT molecular complexity index is 322. The van der Waals surface area contributed by atoms with Gasteiger partial charge in [0, 0.05) is 12.6 Å². The number of carbonyl (C=O) groups excluding carboxylic acids is 1. The molecule has 0 aromatic carbocycles. The van der Waals surface area contributed by atoms with E-state index in [9.17, 15) is 4.79 Å². The normalized spacial score (nSPS) is 24.2. The van der Waals surface area contributed by atoms with Crippen LogP contribution in [0.2, 0.25) is 0 Å². The van der Waals surface area contributed by atoms with E-state index in [1.54, 1.807) is 0 Å². The van der Waals surface area contributed by atoms with Crippen molar-refractivity contribution in [3.8, 4) is 0 Å². The topological polar surface area (TPSA) is 55.6 Å². The minimum atomic E-state index is -0.795. The van der Waals surface area contributed by atoms with Crippen molar-refractivity contribution in [2.75, 3.05) is 20.2 Å². The molecule has 2 aliphatic carbocycles. The molecule has 1 atom stereocenters. The van der Waals surface area contributed by atoms with Gasteiger partial charge in [0.25, 0.3) is 0 Å². The molecule has 0 spiro atoms. The van der Waals surface area contributed by atoms with E-state index < -0.39 is 5.54 Å². The van der Waals surface area contributed by atoms with Gasteiger partial charge in [0.2, 0.25) is 0 Å². The van der Waals surface area contributed by atoms with Crippen LogP contribution in [-0.4, -0.2) is 42.6 Å². The van der Waals surface area contributed by atoms with Crippen molar-refractivity contribution in [3.63, 3.8) is 0 Å². The molecule has 2 aliphatic rings. The maximum absolute atomic E-state index is 12.3. The number of likely N-dealkylation sites (N-methyl/N-ethyl adjacent to an activating group) is 1. The first-order valence-electron chi connectivity index (χ1n) is 8.24. The molecule has 2 N–H and O–H groups in total.